The molecule has 9 heteroatoms. The van der Waals surface area contributed by atoms with Crippen LogP contribution in [-0.2, 0) is 19.6 Å². The Kier molecular flexibility index (Phi) is 7.18. The number of anilines is 2. The van der Waals surface area contributed by atoms with Crippen molar-refractivity contribution < 1.29 is 17.9 Å². The van der Waals surface area contributed by atoms with Crippen molar-refractivity contribution in [2.75, 3.05) is 44.5 Å². The molecule has 1 aromatic rings. The number of carbonyl (C=O) groups is 1. The third-order valence-electron chi connectivity index (χ3n) is 4.06. The first-order valence-corrected chi connectivity index (χ1v) is 9.78. The van der Waals surface area contributed by atoms with Crippen molar-refractivity contribution in [1.29, 1.82) is 0 Å². The lowest BCUT2D eigenvalue weighted by Crippen LogP contribution is -2.28. The monoisotopic (exact) mass is 370 g/mol. The van der Waals surface area contributed by atoms with Gasteiger partial charge in [0.2, 0.25) is 15.9 Å². The van der Waals surface area contributed by atoms with Crippen molar-refractivity contribution in [2.24, 2.45) is 0 Å². The van der Waals surface area contributed by atoms with Gasteiger partial charge in [-0.05, 0) is 44.6 Å². The zero-order valence-corrected chi connectivity index (χ0v) is 15.4. The average Bonchev–Trinajstić information content (AvgIpc) is 3.09. The maximum Gasteiger partial charge on any atom is 0.240 e. The number of amides is 1. The lowest BCUT2D eigenvalue weighted by molar-refractivity contribution is -0.116. The van der Waals surface area contributed by atoms with E-state index in [1.165, 1.54) is 19.2 Å². The molecule has 0 saturated carbocycles. The Bertz CT molecular complexity index is 687. The highest BCUT2D eigenvalue weighted by Crippen LogP contribution is 2.26. The van der Waals surface area contributed by atoms with Gasteiger partial charge in [0.25, 0.3) is 0 Å². The fourth-order valence-corrected chi connectivity index (χ4v) is 3.47. The molecular formula is C16H26N4O4S. The van der Waals surface area contributed by atoms with Gasteiger partial charge in [0.1, 0.15) is 0 Å². The molecule has 1 aliphatic rings. The summed E-state index contributed by atoms with van der Waals surface area (Å²) in [5, 5.41) is 9.24. The van der Waals surface area contributed by atoms with Crippen molar-refractivity contribution in [3.63, 3.8) is 0 Å². The lowest BCUT2D eigenvalue weighted by atomic mass is 10.1. The first-order valence-electron chi connectivity index (χ1n) is 8.30. The molecule has 1 saturated heterocycles. The zero-order chi connectivity index (χ0) is 18.3. The quantitative estimate of drug-likeness (QED) is 0.477. The summed E-state index contributed by atoms with van der Waals surface area (Å²) >= 11 is 0. The van der Waals surface area contributed by atoms with Crippen molar-refractivity contribution in [3.05, 3.63) is 18.2 Å². The van der Waals surface area contributed by atoms with Gasteiger partial charge in [-0.3, -0.25) is 4.79 Å². The first-order chi connectivity index (χ1) is 12.0. The number of methoxy groups -OCH3 is 1. The van der Waals surface area contributed by atoms with Crippen molar-refractivity contribution in [2.45, 2.75) is 30.2 Å². The number of carbonyl (C=O) groups excluding carboxylic acids is 1. The minimum atomic E-state index is -3.59. The fraction of sp³-hybridized carbons (Fsp3) is 0.562. The van der Waals surface area contributed by atoms with Crippen LogP contribution in [0, 0.1) is 0 Å². The molecule has 0 radical (unpaired) electrons. The van der Waals surface area contributed by atoms with Crippen LogP contribution in [0.25, 0.3) is 0 Å². The predicted octanol–water partition coefficient (Wildman–Crippen LogP) is 0.734. The Morgan fingerprint density at radius 3 is 2.80 bits per heavy atom. The Balaban J connectivity index is 2.17. The van der Waals surface area contributed by atoms with Gasteiger partial charge < -0.3 is 20.7 Å². The van der Waals surface area contributed by atoms with Crippen LogP contribution in [0.1, 0.15) is 19.3 Å². The topological polar surface area (TPSA) is 109 Å². The van der Waals surface area contributed by atoms with Crippen LogP contribution in [0.3, 0.4) is 0 Å². The molecule has 0 bridgehead atoms. The van der Waals surface area contributed by atoms with Gasteiger partial charge in [0.15, 0.2) is 0 Å². The van der Waals surface area contributed by atoms with Gasteiger partial charge in [-0.2, -0.15) is 0 Å². The van der Waals surface area contributed by atoms with Gasteiger partial charge in [-0.1, -0.05) is 0 Å². The summed E-state index contributed by atoms with van der Waals surface area (Å²) in [5.74, 6) is -0.145. The molecule has 8 nitrogen and oxygen atoms in total. The third kappa shape index (κ3) is 5.67. The second-order valence-electron chi connectivity index (χ2n) is 5.88. The molecule has 1 aliphatic heterocycles. The summed E-state index contributed by atoms with van der Waals surface area (Å²) < 4.78 is 31.3. The molecule has 0 aliphatic carbocycles. The largest absolute Gasteiger partial charge is 0.383 e. The summed E-state index contributed by atoms with van der Waals surface area (Å²) in [6.07, 6.45) is 2.40. The molecule has 140 valence electrons. The Labute approximate surface area is 148 Å². The maximum atomic E-state index is 12.3. The highest BCUT2D eigenvalue weighted by Gasteiger charge is 2.19. The summed E-state index contributed by atoms with van der Waals surface area (Å²) in [7, 11) is -0.637. The van der Waals surface area contributed by atoms with Crippen molar-refractivity contribution in [1.82, 2.24) is 10.0 Å². The van der Waals surface area contributed by atoms with E-state index in [9.17, 15) is 13.2 Å². The summed E-state index contributed by atoms with van der Waals surface area (Å²) in [6.45, 7) is 1.97. The molecule has 1 amide bonds. The van der Waals surface area contributed by atoms with Gasteiger partial charge in [0.05, 0.1) is 22.9 Å². The lowest BCUT2D eigenvalue weighted by Gasteiger charge is -2.16. The molecular weight excluding hydrogens is 344 g/mol. The van der Waals surface area contributed by atoms with Crippen LogP contribution in [0.2, 0.25) is 0 Å². The SMILES string of the molecule is CNS(=O)(=O)c1ccc(NCCOC)c(NC(=O)CC2CCCN2)c1. The van der Waals surface area contributed by atoms with Crippen molar-refractivity contribution in [3.8, 4) is 0 Å². The molecule has 1 unspecified atom stereocenters. The minimum absolute atomic E-state index is 0.0987. The van der Waals surface area contributed by atoms with Crippen LogP contribution in [0.15, 0.2) is 23.1 Å². The number of hydrogen-bond acceptors (Lipinski definition) is 6. The van der Waals surface area contributed by atoms with Crippen LogP contribution in [0.5, 0.6) is 0 Å². The Morgan fingerprint density at radius 1 is 1.36 bits per heavy atom. The van der Waals surface area contributed by atoms with Crippen LogP contribution < -0.4 is 20.7 Å². The minimum Gasteiger partial charge on any atom is -0.383 e. The number of benzene rings is 1. The molecule has 0 aromatic heterocycles. The summed E-state index contributed by atoms with van der Waals surface area (Å²) in [5.41, 5.74) is 1.09. The number of sulfonamides is 1. The highest BCUT2D eigenvalue weighted by molar-refractivity contribution is 7.89. The third-order valence-corrected chi connectivity index (χ3v) is 5.47. The Morgan fingerprint density at radius 2 is 2.16 bits per heavy atom. The van der Waals surface area contributed by atoms with E-state index in [2.05, 4.69) is 20.7 Å². The smallest absolute Gasteiger partial charge is 0.240 e. The fourth-order valence-electron chi connectivity index (χ4n) is 2.71. The van der Waals surface area contributed by atoms with E-state index in [4.69, 9.17) is 4.74 Å². The van der Waals surface area contributed by atoms with E-state index in [-0.39, 0.29) is 16.8 Å². The van der Waals surface area contributed by atoms with Crippen LogP contribution in [-0.4, -0.2) is 54.2 Å². The van der Waals surface area contributed by atoms with Crippen LogP contribution >= 0.6 is 0 Å². The van der Waals surface area contributed by atoms with Gasteiger partial charge >= 0.3 is 0 Å². The normalized spacial score (nSPS) is 17.4. The highest BCUT2D eigenvalue weighted by atomic mass is 32.2. The molecule has 4 N–H and O–H groups in total. The maximum absolute atomic E-state index is 12.3. The standard InChI is InChI=1S/C16H26N4O4S/c1-17-25(22,23)13-5-6-14(19-8-9-24-2)15(11-13)20-16(21)10-12-4-3-7-18-12/h5-6,11-12,17-19H,3-4,7-10H2,1-2H3,(H,20,21). The van der Waals surface area contributed by atoms with Crippen LogP contribution in [0.4, 0.5) is 11.4 Å². The molecule has 25 heavy (non-hydrogen) atoms. The van der Waals surface area contributed by atoms with E-state index >= 15 is 0 Å². The number of nitrogens with one attached hydrogen (secondary N) is 4. The van der Waals surface area contributed by atoms with Gasteiger partial charge in [0, 0.05) is 26.1 Å². The zero-order valence-electron chi connectivity index (χ0n) is 14.6. The predicted molar refractivity (Wildman–Crippen MR) is 97.3 cm³/mol. The Hall–Kier alpha value is -1.68. The number of hydrogen-bond donors (Lipinski definition) is 4. The average molecular weight is 370 g/mol. The molecule has 1 heterocycles. The number of rotatable bonds is 9. The molecule has 1 aromatic carbocycles. The van der Waals surface area contributed by atoms with E-state index in [0.29, 0.717) is 30.9 Å². The molecule has 0 spiro atoms. The number of ether oxygens (including phenoxy) is 1. The van der Waals surface area contributed by atoms with E-state index < -0.39 is 10.0 Å². The summed E-state index contributed by atoms with van der Waals surface area (Å²) in [6, 6.07) is 4.77. The molecule has 1 fully saturated rings. The first kappa shape index (κ1) is 19.6. The van der Waals surface area contributed by atoms with Crippen molar-refractivity contribution >= 4 is 27.3 Å². The van der Waals surface area contributed by atoms with E-state index in [0.717, 1.165) is 19.4 Å². The summed E-state index contributed by atoms with van der Waals surface area (Å²) in [4.78, 5) is 12.4. The molecule has 2 rings (SSSR count). The second-order valence-corrected chi connectivity index (χ2v) is 7.77. The van der Waals surface area contributed by atoms with Gasteiger partial charge in [-0.25, -0.2) is 13.1 Å². The second kappa shape index (κ2) is 9.14. The van der Waals surface area contributed by atoms with Gasteiger partial charge in [-0.15, -0.1) is 0 Å². The molecule has 1 atom stereocenters. The van der Waals surface area contributed by atoms with E-state index in [1.807, 2.05) is 0 Å². The van der Waals surface area contributed by atoms with E-state index in [1.54, 1.807) is 13.2 Å².